The van der Waals surface area contributed by atoms with Crippen molar-refractivity contribution in [3.05, 3.63) is 64.1 Å². The molecule has 1 N–H and O–H groups in total. The van der Waals surface area contributed by atoms with Crippen LogP contribution in [0.1, 0.15) is 12.5 Å². The third-order valence-corrected chi connectivity index (χ3v) is 5.12. The van der Waals surface area contributed by atoms with Crippen molar-refractivity contribution in [2.45, 2.75) is 6.92 Å². The van der Waals surface area contributed by atoms with Gasteiger partial charge in [0.15, 0.2) is 0 Å². The number of para-hydroxylation sites is 1. The van der Waals surface area contributed by atoms with E-state index in [4.69, 9.17) is 23.2 Å². The zero-order valence-electron chi connectivity index (χ0n) is 14.1. The van der Waals surface area contributed by atoms with Gasteiger partial charge in [0, 0.05) is 5.02 Å². The van der Waals surface area contributed by atoms with Gasteiger partial charge >= 0.3 is 0 Å². The minimum atomic E-state index is -3.71. The van der Waals surface area contributed by atoms with Gasteiger partial charge in [-0.05, 0) is 36.8 Å². The number of carbonyl (C=O) groups is 1. The van der Waals surface area contributed by atoms with E-state index in [9.17, 15) is 13.2 Å². The molecule has 0 radical (unpaired) electrons. The number of rotatable bonds is 6. The van der Waals surface area contributed by atoms with Crippen LogP contribution in [0.2, 0.25) is 10.0 Å². The van der Waals surface area contributed by atoms with Crippen LogP contribution < -0.4 is 9.73 Å². The number of nitrogens with one attached hydrogen (secondary N) is 1. The summed E-state index contributed by atoms with van der Waals surface area (Å²) in [5, 5.41) is 4.81. The van der Waals surface area contributed by atoms with E-state index in [1.807, 2.05) is 0 Å². The minimum Gasteiger partial charge on any atom is -0.271 e. The predicted molar refractivity (Wildman–Crippen MR) is 105 cm³/mol. The molecule has 26 heavy (non-hydrogen) atoms. The summed E-state index contributed by atoms with van der Waals surface area (Å²) in [6.07, 6.45) is 1.01. The fourth-order valence-electron chi connectivity index (χ4n) is 2.10. The Bertz CT molecular complexity index is 929. The molecule has 2 aromatic rings. The number of carbonyl (C=O) groups excluding carboxylic acids is 1. The van der Waals surface area contributed by atoms with E-state index in [2.05, 4.69) is 10.5 Å². The fourth-order valence-corrected chi connectivity index (χ4v) is 3.38. The summed E-state index contributed by atoms with van der Waals surface area (Å²) in [6, 6.07) is 13.3. The van der Waals surface area contributed by atoms with Crippen molar-refractivity contribution in [3.63, 3.8) is 0 Å². The van der Waals surface area contributed by atoms with Crippen molar-refractivity contribution >= 4 is 50.5 Å². The van der Waals surface area contributed by atoms with Crippen LogP contribution in [0.15, 0.2) is 53.6 Å². The maximum atomic E-state index is 12.2. The van der Waals surface area contributed by atoms with Crippen LogP contribution in [-0.2, 0) is 14.8 Å². The lowest BCUT2D eigenvalue weighted by molar-refractivity contribution is -0.119. The second-order valence-corrected chi connectivity index (χ2v) is 8.21. The predicted octanol–water partition coefficient (Wildman–Crippen LogP) is 3.30. The molecule has 0 saturated heterocycles. The number of hydrogen-bond acceptors (Lipinski definition) is 4. The topological polar surface area (TPSA) is 78.8 Å². The van der Waals surface area contributed by atoms with Gasteiger partial charge in [0.1, 0.15) is 6.54 Å². The summed E-state index contributed by atoms with van der Waals surface area (Å²) in [5.74, 6) is -0.594. The normalized spacial score (nSPS) is 11.9. The molecular weight excluding hydrogens is 397 g/mol. The van der Waals surface area contributed by atoms with Crippen molar-refractivity contribution in [3.8, 4) is 0 Å². The molecule has 0 spiro atoms. The molecule has 2 aromatic carbocycles. The van der Waals surface area contributed by atoms with Crippen LogP contribution in [0.3, 0.4) is 0 Å². The first kappa shape index (κ1) is 20.2. The van der Waals surface area contributed by atoms with Crippen LogP contribution in [0, 0.1) is 0 Å². The number of nitrogens with zero attached hydrogens (tertiary/aromatic N) is 2. The third kappa shape index (κ3) is 5.45. The van der Waals surface area contributed by atoms with Crippen LogP contribution in [0.25, 0.3) is 0 Å². The van der Waals surface area contributed by atoms with E-state index >= 15 is 0 Å². The first-order valence-corrected chi connectivity index (χ1v) is 10.1. The summed E-state index contributed by atoms with van der Waals surface area (Å²) in [6.45, 7) is 1.27. The smallest absolute Gasteiger partial charge is 0.260 e. The molecule has 0 aromatic heterocycles. The number of anilines is 1. The second kappa shape index (κ2) is 8.53. The molecule has 0 heterocycles. The molecular formula is C17H17Cl2N3O3S. The third-order valence-electron chi connectivity index (χ3n) is 3.42. The summed E-state index contributed by atoms with van der Waals surface area (Å²) >= 11 is 11.9. The molecule has 138 valence electrons. The highest BCUT2D eigenvalue weighted by Crippen LogP contribution is 2.26. The van der Waals surface area contributed by atoms with Gasteiger partial charge in [-0.15, -0.1) is 0 Å². The highest BCUT2D eigenvalue weighted by Gasteiger charge is 2.22. The summed E-state index contributed by atoms with van der Waals surface area (Å²) < 4.78 is 25.0. The second-order valence-electron chi connectivity index (χ2n) is 5.46. The molecule has 9 heteroatoms. The molecule has 0 bridgehead atoms. The first-order valence-electron chi connectivity index (χ1n) is 7.50. The minimum absolute atomic E-state index is 0.227. The fraction of sp³-hybridized carbons (Fsp3) is 0.176. The van der Waals surface area contributed by atoms with Crippen molar-refractivity contribution in [2.75, 3.05) is 17.1 Å². The SMILES string of the molecule is C/C(=N/NC(=O)CN(c1ccccc1Cl)S(C)(=O)=O)c1ccc(Cl)cc1. The molecule has 0 saturated carbocycles. The van der Waals surface area contributed by atoms with E-state index in [0.717, 1.165) is 16.1 Å². The monoisotopic (exact) mass is 413 g/mol. The Morgan fingerprint density at radius 2 is 1.73 bits per heavy atom. The first-order chi connectivity index (χ1) is 12.2. The molecule has 2 rings (SSSR count). The van der Waals surface area contributed by atoms with E-state index < -0.39 is 22.5 Å². The molecule has 0 aliphatic rings. The summed E-state index contributed by atoms with van der Waals surface area (Å²) in [7, 11) is -3.71. The average molecular weight is 414 g/mol. The van der Waals surface area contributed by atoms with Crippen molar-refractivity contribution in [1.29, 1.82) is 0 Å². The number of halogens is 2. The molecule has 0 fully saturated rings. The highest BCUT2D eigenvalue weighted by atomic mass is 35.5. The van der Waals surface area contributed by atoms with Crippen molar-refractivity contribution in [1.82, 2.24) is 5.43 Å². The van der Waals surface area contributed by atoms with Gasteiger partial charge in [-0.25, -0.2) is 13.8 Å². The quantitative estimate of drug-likeness (QED) is 0.582. The average Bonchev–Trinajstić information content (AvgIpc) is 2.58. The van der Waals surface area contributed by atoms with Gasteiger partial charge in [0.05, 0.1) is 22.7 Å². The Balaban J connectivity index is 2.14. The lowest BCUT2D eigenvalue weighted by atomic mass is 10.1. The number of hydrazone groups is 1. The van der Waals surface area contributed by atoms with Gasteiger partial charge < -0.3 is 0 Å². The lowest BCUT2D eigenvalue weighted by Crippen LogP contribution is -2.39. The Labute approximate surface area is 162 Å². The number of benzene rings is 2. The highest BCUT2D eigenvalue weighted by molar-refractivity contribution is 7.92. The van der Waals surface area contributed by atoms with Gasteiger partial charge in [-0.2, -0.15) is 5.10 Å². The number of hydrogen-bond donors (Lipinski definition) is 1. The maximum Gasteiger partial charge on any atom is 0.260 e. The Hall–Kier alpha value is -2.09. The van der Waals surface area contributed by atoms with Gasteiger partial charge in [-0.1, -0.05) is 47.5 Å². The molecule has 0 atom stereocenters. The maximum absolute atomic E-state index is 12.2. The van der Waals surface area contributed by atoms with Crippen LogP contribution in [0.4, 0.5) is 5.69 Å². The van der Waals surface area contributed by atoms with E-state index in [1.165, 1.54) is 6.07 Å². The van der Waals surface area contributed by atoms with Gasteiger partial charge in [-0.3, -0.25) is 9.10 Å². The molecule has 0 aliphatic heterocycles. The largest absolute Gasteiger partial charge is 0.271 e. The molecule has 0 aliphatic carbocycles. The lowest BCUT2D eigenvalue weighted by Gasteiger charge is -2.22. The Kier molecular flexibility index (Phi) is 6.63. The Morgan fingerprint density at radius 3 is 2.31 bits per heavy atom. The van der Waals surface area contributed by atoms with Crippen molar-refractivity contribution in [2.24, 2.45) is 5.10 Å². The van der Waals surface area contributed by atoms with Gasteiger partial charge in [0.2, 0.25) is 10.0 Å². The summed E-state index contributed by atoms with van der Waals surface area (Å²) in [4.78, 5) is 12.2. The van der Waals surface area contributed by atoms with Gasteiger partial charge in [0.25, 0.3) is 5.91 Å². The van der Waals surface area contributed by atoms with Crippen LogP contribution >= 0.6 is 23.2 Å². The Morgan fingerprint density at radius 1 is 1.12 bits per heavy atom. The standard InChI is InChI=1S/C17H17Cl2N3O3S/c1-12(13-7-9-14(18)10-8-13)20-21-17(23)11-22(26(2,24)25)16-6-4-3-5-15(16)19/h3-10H,11H2,1-2H3,(H,21,23)/b20-12-. The molecule has 6 nitrogen and oxygen atoms in total. The zero-order valence-corrected chi connectivity index (χ0v) is 16.4. The van der Waals surface area contributed by atoms with E-state index in [0.29, 0.717) is 10.7 Å². The van der Waals surface area contributed by atoms with E-state index in [1.54, 1.807) is 49.4 Å². The van der Waals surface area contributed by atoms with Crippen molar-refractivity contribution < 1.29 is 13.2 Å². The zero-order chi connectivity index (χ0) is 19.3. The van der Waals surface area contributed by atoms with Crippen LogP contribution in [-0.4, -0.2) is 32.8 Å². The number of amides is 1. The summed E-state index contributed by atoms with van der Waals surface area (Å²) in [5.41, 5.74) is 3.91. The van der Waals surface area contributed by atoms with E-state index in [-0.39, 0.29) is 10.7 Å². The van der Waals surface area contributed by atoms with Crippen LogP contribution in [0.5, 0.6) is 0 Å². The molecule has 0 unspecified atom stereocenters. The number of sulfonamides is 1. The molecule has 1 amide bonds.